The van der Waals surface area contributed by atoms with E-state index in [0.717, 1.165) is 18.2 Å². The van der Waals surface area contributed by atoms with E-state index in [1.54, 1.807) is 24.3 Å². The van der Waals surface area contributed by atoms with Crippen LogP contribution < -0.4 is 5.32 Å². The zero-order valence-corrected chi connectivity index (χ0v) is 11.6. The number of rotatable bonds is 3. The molecule has 2 rings (SSSR count). The SMILES string of the molecule is O=C(O)c1ccc(F)c(NC(=O)c2ccccc2Br)c1. The highest BCUT2D eigenvalue weighted by Gasteiger charge is 2.14. The van der Waals surface area contributed by atoms with E-state index in [9.17, 15) is 14.0 Å². The Balaban J connectivity index is 2.30. The summed E-state index contributed by atoms with van der Waals surface area (Å²) in [6.45, 7) is 0. The van der Waals surface area contributed by atoms with Crippen LogP contribution in [0.3, 0.4) is 0 Å². The summed E-state index contributed by atoms with van der Waals surface area (Å²) in [5.41, 5.74) is 0.0482. The molecule has 0 fully saturated rings. The highest BCUT2D eigenvalue weighted by Crippen LogP contribution is 2.20. The quantitative estimate of drug-likeness (QED) is 0.900. The zero-order valence-electron chi connectivity index (χ0n) is 10.1. The molecule has 0 heterocycles. The van der Waals surface area contributed by atoms with Crippen LogP contribution >= 0.6 is 15.9 Å². The minimum absolute atomic E-state index is 0.103. The molecule has 0 spiro atoms. The molecular formula is C14H9BrFNO3. The number of hydrogen-bond donors (Lipinski definition) is 2. The van der Waals surface area contributed by atoms with Crippen LogP contribution in [0.25, 0.3) is 0 Å². The summed E-state index contributed by atoms with van der Waals surface area (Å²) < 4.78 is 14.2. The van der Waals surface area contributed by atoms with Gasteiger partial charge in [0, 0.05) is 4.47 Å². The van der Waals surface area contributed by atoms with E-state index >= 15 is 0 Å². The number of halogens is 2. The van der Waals surface area contributed by atoms with Crippen LogP contribution in [0.4, 0.5) is 10.1 Å². The molecule has 4 nitrogen and oxygen atoms in total. The van der Waals surface area contributed by atoms with Gasteiger partial charge in [-0.05, 0) is 46.3 Å². The van der Waals surface area contributed by atoms with E-state index in [-0.39, 0.29) is 11.3 Å². The molecule has 2 aromatic carbocycles. The molecule has 0 atom stereocenters. The number of benzene rings is 2. The second-order valence-corrected chi connectivity index (χ2v) is 4.79. The molecule has 0 aliphatic rings. The van der Waals surface area contributed by atoms with Crippen molar-refractivity contribution in [2.45, 2.75) is 0 Å². The van der Waals surface area contributed by atoms with E-state index < -0.39 is 17.7 Å². The summed E-state index contributed by atoms with van der Waals surface area (Å²) in [5.74, 6) is -2.42. The fourth-order valence-corrected chi connectivity index (χ4v) is 2.05. The topological polar surface area (TPSA) is 66.4 Å². The summed E-state index contributed by atoms with van der Waals surface area (Å²) in [5, 5.41) is 11.2. The lowest BCUT2D eigenvalue weighted by atomic mass is 10.1. The molecule has 0 radical (unpaired) electrons. The molecule has 0 aromatic heterocycles. The summed E-state index contributed by atoms with van der Waals surface area (Å²) in [7, 11) is 0. The first-order chi connectivity index (χ1) is 9.49. The van der Waals surface area contributed by atoms with E-state index in [4.69, 9.17) is 5.11 Å². The van der Waals surface area contributed by atoms with E-state index in [2.05, 4.69) is 21.2 Å². The average molecular weight is 338 g/mol. The smallest absolute Gasteiger partial charge is 0.335 e. The molecule has 0 aliphatic carbocycles. The maximum atomic E-state index is 13.6. The Morgan fingerprint density at radius 2 is 1.85 bits per heavy atom. The van der Waals surface area contributed by atoms with Gasteiger partial charge in [0.05, 0.1) is 16.8 Å². The molecule has 1 amide bonds. The molecule has 20 heavy (non-hydrogen) atoms. The lowest BCUT2D eigenvalue weighted by Crippen LogP contribution is -2.14. The zero-order chi connectivity index (χ0) is 14.7. The summed E-state index contributed by atoms with van der Waals surface area (Å²) in [6.07, 6.45) is 0. The van der Waals surface area contributed by atoms with Crippen molar-refractivity contribution in [3.63, 3.8) is 0 Å². The predicted molar refractivity (Wildman–Crippen MR) is 75.5 cm³/mol. The van der Waals surface area contributed by atoms with Crippen molar-refractivity contribution in [3.05, 3.63) is 63.9 Å². The van der Waals surface area contributed by atoms with Crippen LogP contribution in [0.2, 0.25) is 0 Å². The summed E-state index contributed by atoms with van der Waals surface area (Å²) in [4.78, 5) is 22.8. The summed E-state index contributed by atoms with van der Waals surface area (Å²) >= 11 is 3.22. The normalized spacial score (nSPS) is 10.1. The number of carbonyl (C=O) groups excluding carboxylic acids is 1. The fourth-order valence-electron chi connectivity index (χ4n) is 1.59. The van der Waals surface area contributed by atoms with Gasteiger partial charge in [0.1, 0.15) is 5.82 Å². The Morgan fingerprint density at radius 3 is 2.50 bits per heavy atom. The van der Waals surface area contributed by atoms with Crippen LogP contribution in [0, 0.1) is 5.82 Å². The van der Waals surface area contributed by atoms with E-state index in [1.807, 2.05) is 0 Å². The summed E-state index contributed by atoms with van der Waals surface area (Å²) in [6, 6.07) is 9.87. The second kappa shape index (κ2) is 5.83. The Bertz CT molecular complexity index is 688. The van der Waals surface area contributed by atoms with Crippen molar-refractivity contribution in [2.75, 3.05) is 5.32 Å². The number of amides is 1. The van der Waals surface area contributed by atoms with Gasteiger partial charge in [0.25, 0.3) is 5.91 Å². The second-order valence-electron chi connectivity index (χ2n) is 3.93. The van der Waals surface area contributed by atoms with Gasteiger partial charge in [-0.25, -0.2) is 9.18 Å². The molecule has 0 saturated heterocycles. The molecular weight excluding hydrogens is 329 g/mol. The fraction of sp³-hybridized carbons (Fsp3) is 0. The van der Waals surface area contributed by atoms with E-state index in [0.29, 0.717) is 10.0 Å². The van der Waals surface area contributed by atoms with Crippen LogP contribution in [-0.2, 0) is 0 Å². The van der Waals surface area contributed by atoms with Gasteiger partial charge >= 0.3 is 5.97 Å². The number of nitrogens with one attached hydrogen (secondary N) is 1. The first-order valence-corrected chi connectivity index (χ1v) is 6.37. The van der Waals surface area contributed by atoms with Gasteiger partial charge < -0.3 is 10.4 Å². The van der Waals surface area contributed by atoms with Gasteiger partial charge in [-0.1, -0.05) is 12.1 Å². The maximum absolute atomic E-state index is 13.6. The number of anilines is 1. The maximum Gasteiger partial charge on any atom is 0.335 e. The van der Waals surface area contributed by atoms with Gasteiger partial charge in [-0.15, -0.1) is 0 Å². The first-order valence-electron chi connectivity index (χ1n) is 5.58. The molecule has 2 N–H and O–H groups in total. The van der Waals surface area contributed by atoms with E-state index in [1.165, 1.54) is 0 Å². The Labute approximate surface area is 122 Å². The molecule has 0 aliphatic heterocycles. The van der Waals surface area contributed by atoms with Crippen LogP contribution in [0.15, 0.2) is 46.9 Å². The number of carbonyl (C=O) groups is 2. The number of carboxylic acids is 1. The van der Waals surface area contributed by atoms with Crippen molar-refractivity contribution in [1.29, 1.82) is 0 Å². The molecule has 2 aromatic rings. The van der Waals surface area contributed by atoms with Crippen LogP contribution in [-0.4, -0.2) is 17.0 Å². The van der Waals surface area contributed by atoms with Crippen molar-refractivity contribution >= 4 is 33.5 Å². The van der Waals surface area contributed by atoms with Crippen molar-refractivity contribution in [1.82, 2.24) is 0 Å². The molecule has 102 valence electrons. The standard InChI is InChI=1S/C14H9BrFNO3/c15-10-4-2-1-3-9(10)13(18)17-12-7-8(14(19)20)5-6-11(12)16/h1-7H,(H,17,18)(H,19,20). The highest BCUT2D eigenvalue weighted by atomic mass is 79.9. The predicted octanol–water partition coefficient (Wildman–Crippen LogP) is 3.54. The molecule has 6 heteroatoms. The number of aromatic carboxylic acids is 1. The third-order valence-corrected chi connectivity index (χ3v) is 3.27. The Kier molecular flexibility index (Phi) is 4.14. The number of carboxylic acid groups (broad SMARTS) is 1. The minimum atomic E-state index is -1.19. The van der Waals surface area contributed by atoms with Crippen LogP contribution in [0.5, 0.6) is 0 Å². The molecule has 0 bridgehead atoms. The Morgan fingerprint density at radius 1 is 1.15 bits per heavy atom. The Hall–Kier alpha value is -2.21. The average Bonchev–Trinajstić information content (AvgIpc) is 2.41. The van der Waals surface area contributed by atoms with Gasteiger partial charge in [-0.2, -0.15) is 0 Å². The van der Waals surface area contributed by atoms with Gasteiger partial charge in [0.15, 0.2) is 0 Å². The monoisotopic (exact) mass is 337 g/mol. The molecule has 0 unspecified atom stereocenters. The third-order valence-electron chi connectivity index (χ3n) is 2.58. The largest absolute Gasteiger partial charge is 0.478 e. The lowest BCUT2D eigenvalue weighted by Gasteiger charge is -2.08. The highest BCUT2D eigenvalue weighted by molar-refractivity contribution is 9.10. The molecule has 0 saturated carbocycles. The number of hydrogen-bond acceptors (Lipinski definition) is 2. The van der Waals surface area contributed by atoms with Gasteiger partial charge in [-0.3, -0.25) is 4.79 Å². The lowest BCUT2D eigenvalue weighted by molar-refractivity contribution is 0.0696. The van der Waals surface area contributed by atoms with Crippen molar-refractivity contribution < 1.29 is 19.1 Å². The van der Waals surface area contributed by atoms with Crippen molar-refractivity contribution in [3.8, 4) is 0 Å². The third kappa shape index (κ3) is 3.03. The minimum Gasteiger partial charge on any atom is -0.478 e. The first kappa shape index (κ1) is 14.2. The van der Waals surface area contributed by atoms with Crippen molar-refractivity contribution in [2.24, 2.45) is 0 Å². The van der Waals surface area contributed by atoms with Gasteiger partial charge in [0.2, 0.25) is 0 Å². The van der Waals surface area contributed by atoms with Crippen LogP contribution in [0.1, 0.15) is 20.7 Å².